The summed E-state index contributed by atoms with van der Waals surface area (Å²) < 4.78 is 3.72. The summed E-state index contributed by atoms with van der Waals surface area (Å²) in [5, 5.41) is 12.0. The Labute approximate surface area is 143 Å². The normalized spacial score (nSPS) is 11.4. The van der Waals surface area contributed by atoms with Crippen molar-refractivity contribution in [2.45, 2.75) is 33.4 Å². The Morgan fingerprint density at radius 2 is 2.00 bits per heavy atom. The Balaban J connectivity index is 2.74. The van der Waals surface area contributed by atoms with Crippen LogP contribution in [0.2, 0.25) is 0 Å². The van der Waals surface area contributed by atoms with Gasteiger partial charge in [0, 0.05) is 20.1 Å². The van der Waals surface area contributed by atoms with Gasteiger partial charge in [-0.1, -0.05) is 13.8 Å². The number of carbonyl (C=O) groups excluding carboxylic acids is 1. The quantitative estimate of drug-likeness (QED) is 0.547. The van der Waals surface area contributed by atoms with Crippen LogP contribution in [0.5, 0.6) is 0 Å². The SMILES string of the molecule is CC(C)CCn1c(NCCO)nc2c1c(=O)n(CC(N)=O)c(=O)n2C. The van der Waals surface area contributed by atoms with Gasteiger partial charge >= 0.3 is 5.69 Å². The zero-order valence-corrected chi connectivity index (χ0v) is 14.7. The summed E-state index contributed by atoms with van der Waals surface area (Å²) in [5.41, 5.74) is 4.34. The molecule has 138 valence electrons. The molecule has 2 rings (SSSR count). The first-order valence-electron chi connectivity index (χ1n) is 8.11. The lowest BCUT2D eigenvalue weighted by atomic mass is 10.1. The maximum Gasteiger partial charge on any atom is 0.332 e. The van der Waals surface area contributed by atoms with Gasteiger partial charge in [0.05, 0.1) is 6.61 Å². The van der Waals surface area contributed by atoms with E-state index in [0.29, 0.717) is 18.4 Å². The number of imidazole rings is 1. The first-order chi connectivity index (χ1) is 11.8. The fourth-order valence-electron chi connectivity index (χ4n) is 2.57. The molecule has 0 aliphatic carbocycles. The highest BCUT2D eigenvalue weighted by Crippen LogP contribution is 2.17. The van der Waals surface area contributed by atoms with Crippen LogP contribution in [0.25, 0.3) is 11.2 Å². The molecule has 0 unspecified atom stereocenters. The van der Waals surface area contributed by atoms with Gasteiger partial charge in [0.2, 0.25) is 11.9 Å². The first kappa shape index (κ1) is 18.7. The molecule has 2 aromatic heterocycles. The molecule has 0 fully saturated rings. The van der Waals surface area contributed by atoms with Crippen LogP contribution in [0, 0.1) is 5.92 Å². The Morgan fingerprint density at radius 3 is 2.56 bits per heavy atom. The maximum absolute atomic E-state index is 12.8. The molecule has 0 aromatic carbocycles. The lowest BCUT2D eigenvalue weighted by Crippen LogP contribution is -2.42. The Kier molecular flexibility index (Phi) is 5.62. The summed E-state index contributed by atoms with van der Waals surface area (Å²) in [6.45, 7) is 4.29. The first-order valence-corrected chi connectivity index (χ1v) is 8.11. The van der Waals surface area contributed by atoms with Crippen LogP contribution in [0.1, 0.15) is 20.3 Å². The van der Waals surface area contributed by atoms with E-state index in [2.05, 4.69) is 24.1 Å². The van der Waals surface area contributed by atoms with E-state index in [1.807, 2.05) is 0 Å². The van der Waals surface area contributed by atoms with E-state index in [0.717, 1.165) is 11.0 Å². The molecule has 0 bridgehead atoms. The predicted octanol–water partition coefficient (Wildman–Crippen LogP) is -1.17. The number of primary amides is 1. The van der Waals surface area contributed by atoms with Crippen molar-refractivity contribution in [3.05, 3.63) is 20.8 Å². The number of aliphatic hydroxyl groups excluding tert-OH is 1. The Morgan fingerprint density at radius 1 is 1.32 bits per heavy atom. The van der Waals surface area contributed by atoms with E-state index in [1.165, 1.54) is 11.6 Å². The highest BCUT2D eigenvalue weighted by Gasteiger charge is 2.20. The number of carbonyl (C=O) groups is 1. The summed E-state index contributed by atoms with van der Waals surface area (Å²) in [6.07, 6.45) is 0.789. The van der Waals surface area contributed by atoms with Crippen molar-refractivity contribution in [1.82, 2.24) is 18.7 Å². The van der Waals surface area contributed by atoms with Gasteiger partial charge in [0.25, 0.3) is 5.56 Å². The van der Waals surface area contributed by atoms with Crippen molar-refractivity contribution in [2.75, 3.05) is 18.5 Å². The molecule has 25 heavy (non-hydrogen) atoms. The van der Waals surface area contributed by atoms with Gasteiger partial charge in [-0.05, 0) is 12.3 Å². The number of rotatable bonds is 8. The van der Waals surface area contributed by atoms with Crippen molar-refractivity contribution in [2.24, 2.45) is 18.7 Å². The number of nitrogens with one attached hydrogen (secondary N) is 1. The van der Waals surface area contributed by atoms with Gasteiger partial charge in [-0.15, -0.1) is 0 Å². The molecule has 10 heteroatoms. The van der Waals surface area contributed by atoms with Gasteiger partial charge < -0.3 is 20.7 Å². The molecule has 2 heterocycles. The van der Waals surface area contributed by atoms with Crippen LogP contribution in [-0.2, 0) is 24.9 Å². The summed E-state index contributed by atoms with van der Waals surface area (Å²) in [7, 11) is 1.48. The number of anilines is 1. The molecule has 0 aliphatic heterocycles. The highest BCUT2D eigenvalue weighted by atomic mass is 16.3. The summed E-state index contributed by atoms with van der Waals surface area (Å²) >= 11 is 0. The fourth-order valence-corrected chi connectivity index (χ4v) is 2.57. The van der Waals surface area contributed by atoms with E-state index >= 15 is 0 Å². The molecule has 0 aliphatic rings. The molecular weight excluding hydrogens is 328 g/mol. The summed E-state index contributed by atoms with van der Waals surface area (Å²) in [6, 6.07) is 0. The number of aliphatic hydroxyl groups is 1. The van der Waals surface area contributed by atoms with Gasteiger partial charge in [-0.25, -0.2) is 9.36 Å². The van der Waals surface area contributed by atoms with Gasteiger partial charge in [-0.3, -0.25) is 14.2 Å². The average molecular weight is 352 g/mol. The molecule has 10 nitrogen and oxygen atoms in total. The van der Waals surface area contributed by atoms with Crippen molar-refractivity contribution in [3.63, 3.8) is 0 Å². The van der Waals surface area contributed by atoms with Crippen LogP contribution in [0.4, 0.5) is 5.95 Å². The second kappa shape index (κ2) is 7.51. The Hall–Kier alpha value is -2.62. The Bertz CT molecular complexity index is 892. The van der Waals surface area contributed by atoms with Crippen molar-refractivity contribution < 1.29 is 9.90 Å². The van der Waals surface area contributed by atoms with Gasteiger partial charge in [-0.2, -0.15) is 4.98 Å². The average Bonchev–Trinajstić information content (AvgIpc) is 2.91. The lowest BCUT2D eigenvalue weighted by molar-refractivity contribution is -0.118. The molecule has 0 saturated carbocycles. The topological polar surface area (TPSA) is 137 Å². The van der Waals surface area contributed by atoms with Crippen LogP contribution < -0.4 is 22.3 Å². The standard InChI is InChI=1S/C15H24N6O4/c1-9(2)4-6-20-11-12(18-14(20)17-5-7-22)19(3)15(25)21(13(11)24)8-10(16)23/h9,22H,4-8H2,1-3H3,(H2,16,23)(H,17,18). The zero-order valence-electron chi connectivity index (χ0n) is 14.7. The minimum absolute atomic E-state index is 0.0990. The van der Waals surface area contributed by atoms with E-state index in [-0.39, 0.29) is 24.3 Å². The number of nitrogens with zero attached hydrogens (tertiary/aromatic N) is 4. The van der Waals surface area contributed by atoms with E-state index in [1.54, 1.807) is 4.57 Å². The molecule has 0 saturated heterocycles. The third-order valence-corrected chi connectivity index (χ3v) is 3.87. The van der Waals surface area contributed by atoms with E-state index in [4.69, 9.17) is 10.8 Å². The second-order valence-electron chi connectivity index (χ2n) is 6.29. The van der Waals surface area contributed by atoms with Crippen LogP contribution in [-0.4, -0.2) is 42.9 Å². The highest BCUT2D eigenvalue weighted by molar-refractivity contribution is 5.76. The third kappa shape index (κ3) is 3.73. The summed E-state index contributed by atoms with van der Waals surface area (Å²) in [4.78, 5) is 40.7. The number of nitrogens with two attached hydrogens (primary N) is 1. The molecule has 4 N–H and O–H groups in total. The molecule has 0 spiro atoms. The van der Waals surface area contributed by atoms with E-state index in [9.17, 15) is 14.4 Å². The van der Waals surface area contributed by atoms with Gasteiger partial charge in [0.15, 0.2) is 11.2 Å². The minimum Gasteiger partial charge on any atom is -0.395 e. The zero-order chi connectivity index (χ0) is 18.7. The number of hydrogen-bond acceptors (Lipinski definition) is 6. The number of amides is 1. The van der Waals surface area contributed by atoms with E-state index < -0.39 is 23.7 Å². The lowest BCUT2D eigenvalue weighted by Gasteiger charge is -2.12. The number of aromatic nitrogens is 4. The van der Waals surface area contributed by atoms with Crippen LogP contribution in [0.3, 0.4) is 0 Å². The largest absolute Gasteiger partial charge is 0.395 e. The molecule has 0 atom stereocenters. The number of hydrogen-bond donors (Lipinski definition) is 3. The third-order valence-electron chi connectivity index (χ3n) is 3.87. The number of aryl methyl sites for hydroxylation is 2. The minimum atomic E-state index is -0.773. The number of fused-ring (bicyclic) bond motifs is 1. The van der Waals surface area contributed by atoms with Crippen LogP contribution in [0.15, 0.2) is 9.59 Å². The molecule has 0 radical (unpaired) electrons. The summed E-state index contributed by atoms with van der Waals surface area (Å²) in [5.74, 6) is 0.0163. The molecule has 2 aromatic rings. The fraction of sp³-hybridized carbons (Fsp3) is 0.600. The molecular formula is C15H24N6O4. The maximum atomic E-state index is 12.8. The van der Waals surface area contributed by atoms with Gasteiger partial charge in [0.1, 0.15) is 6.54 Å². The second-order valence-corrected chi connectivity index (χ2v) is 6.29. The van der Waals surface area contributed by atoms with Crippen molar-refractivity contribution >= 4 is 23.0 Å². The predicted molar refractivity (Wildman–Crippen MR) is 93.5 cm³/mol. The van der Waals surface area contributed by atoms with Crippen molar-refractivity contribution in [1.29, 1.82) is 0 Å². The van der Waals surface area contributed by atoms with Crippen molar-refractivity contribution in [3.8, 4) is 0 Å². The monoisotopic (exact) mass is 352 g/mol. The van der Waals surface area contributed by atoms with Crippen LogP contribution >= 0.6 is 0 Å². The smallest absolute Gasteiger partial charge is 0.332 e. The molecule has 1 amide bonds.